The molecule has 1 amide bonds. The topological polar surface area (TPSA) is 76.6 Å². The third kappa shape index (κ3) is 3.80. The number of aliphatic hydroxyl groups is 1. The van der Waals surface area contributed by atoms with Gasteiger partial charge in [-0.25, -0.2) is 0 Å². The molecule has 1 aromatic heterocycles. The molecule has 186 valence electrons. The third-order valence-corrected chi connectivity index (χ3v) is 7.63. The van der Waals surface area contributed by atoms with Gasteiger partial charge in [0.25, 0.3) is 11.7 Å². The standard InChI is InChI=1S/C31H29N3O3/c1-33(2)22-13-15-23(16-14-22)34-28(25-18-32-26-10-6-5-9-24(25)26)27(30(36)31(34)37)29(35)21-12-11-19-7-3-4-8-20(19)17-21/h5-6,9-18,28,32,35H,3-4,7-8H2,1-2H3/b29-27+. The number of hydrogen-bond donors (Lipinski definition) is 2. The molecule has 3 aromatic carbocycles. The lowest BCUT2D eigenvalue weighted by Crippen LogP contribution is -2.29. The molecule has 0 bridgehead atoms. The summed E-state index contributed by atoms with van der Waals surface area (Å²) in [6.07, 6.45) is 6.09. The summed E-state index contributed by atoms with van der Waals surface area (Å²) >= 11 is 0. The highest BCUT2D eigenvalue weighted by Crippen LogP contribution is 2.44. The molecule has 1 saturated heterocycles. The van der Waals surface area contributed by atoms with Crippen LogP contribution in [-0.4, -0.2) is 35.9 Å². The van der Waals surface area contributed by atoms with Gasteiger partial charge in [-0.05, 0) is 73.2 Å². The number of H-pyrrole nitrogens is 1. The number of ketones is 1. The average Bonchev–Trinajstić information content (AvgIpc) is 3.46. The summed E-state index contributed by atoms with van der Waals surface area (Å²) in [4.78, 5) is 33.9. The van der Waals surface area contributed by atoms with Crippen molar-refractivity contribution in [3.8, 4) is 0 Å². The molecule has 0 spiro atoms. The third-order valence-electron chi connectivity index (χ3n) is 7.63. The van der Waals surface area contributed by atoms with E-state index in [0.717, 1.165) is 47.8 Å². The predicted molar refractivity (Wildman–Crippen MR) is 147 cm³/mol. The number of benzene rings is 3. The lowest BCUT2D eigenvalue weighted by molar-refractivity contribution is -0.132. The number of aromatic nitrogens is 1. The Bertz CT molecular complexity index is 1560. The van der Waals surface area contributed by atoms with Gasteiger partial charge in [-0.2, -0.15) is 0 Å². The van der Waals surface area contributed by atoms with Crippen LogP contribution in [0.2, 0.25) is 0 Å². The second-order valence-corrected chi connectivity index (χ2v) is 10.1. The maximum Gasteiger partial charge on any atom is 0.300 e. The van der Waals surface area contributed by atoms with Crippen LogP contribution < -0.4 is 9.80 Å². The zero-order valence-electron chi connectivity index (χ0n) is 21.0. The summed E-state index contributed by atoms with van der Waals surface area (Å²) in [6, 6.07) is 20.5. The number of carbonyl (C=O) groups is 2. The van der Waals surface area contributed by atoms with E-state index >= 15 is 0 Å². The fraction of sp³-hybridized carbons (Fsp3) is 0.226. The van der Waals surface area contributed by atoms with E-state index in [4.69, 9.17) is 0 Å². The predicted octanol–water partition coefficient (Wildman–Crippen LogP) is 5.74. The summed E-state index contributed by atoms with van der Waals surface area (Å²) in [7, 11) is 3.90. The molecule has 0 radical (unpaired) electrons. The van der Waals surface area contributed by atoms with Crippen LogP contribution in [0, 0.1) is 0 Å². The maximum absolute atomic E-state index is 13.6. The van der Waals surface area contributed by atoms with Gasteiger partial charge < -0.3 is 15.0 Å². The second kappa shape index (κ2) is 8.96. The lowest BCUT2D eigenvalue weighted by Gasteiger charge is -2.26. The molecule has 2 heterocycles. The van der Waals surface area contributed by atoms with Crippen molar-refractivity contribution < 1.29 is 14.7 Å². The van der Waals surface area contributed by atoms with E-state index in [0.29, 0.717) is 11.3 Å². The van der Waals surface area contributed by atoms with Crippen molar-refractivity contribution in [3.63, 3.8) is 0 Å². The van der Waals surface area contributed by atoms with Crippen LogP contribution in [0.4, 0.5) is 11.4 Å². The van der Waals surface area contributed by atoms with Gasteiger partial charge in [0.15, 0.2) is 0 Å². The number of aromatic amines is 1. The fourth-order valence-electron chi connectivity index (χ4n) is 5.66. The van der Waals surface area contributed by atoms with Crippen LogP contribution in [0.3, 0.4) is 0 Å². The molecule has 2 N–H and O–H groups in total. The Morgan fingerprint density at radius 2 is 1.68 bits per heavy atom. The molecule has 1 unspecified atom stereocenters. The zero-order chi connectivity index (χ0) is 25.7. The van der Waals surface area contributed by atoms with E-state index in [1.165, 1.54) is 16.0 Å². The largest absolute Gasteiger partial charge is 0.507 e. The first-order valence-electron chi connectivity index (χ1n) is 12.7. The number of para-hydroxylation sites is 1. The highest BCUT2D eigenvalue weighted by molar-refractivity contribution is 6.51. The van der Waals surface area contributed by atoms with Gasteiger partial charge in [0.1, 0.15) is 5.76 Å². The van der Waals surface area contributed by atoms with Crippen LogP contribution >= 0.6 is 0 Å². The molecular weight excluding hydrogens is 462 g/mol. The first kappa shape index (κ1) is 23.1. The Morgan fingerprint density at radius 1 is 0.946 bits per heavy atom. The van der Waals surface area contributed by atoms with E-state index < -0.39 is 17.7 Å². The average molecular weight is 492 g/mol. The summed E-state index contributed by atoms with van der Waals surface area (Å²) in [5.41, 5.74) is 6.44. The lowest BCUT2D eigenvalue weighted by atomic mass is 9.88. The maximum atomic E-state index is 13.6. The van der Waals surface area contributed by atoms with Crippen molar-refractivity contribution in [2.45, 2.75) is 31.7 Å². The first-order chi connectivity index (χ1) is 17.9. The molecule has 1 atom stereocenters. The molecule has 37 heavy (non-hydrogen) atoms. The highest BCUT2D eigenvalue weighted by atomic mass is 16.3. The number of aliphatic hydroxyl groups excluding tert-OH is 1. The van der Waals surface area contributed by atoms with Gasteiger partial charge in [0, 0.05) is 53.7 Å². The highest BCUT2D eigenvalue weighted by Gasteiger charge is 2.47. The number of hydrogen-bond acceptors (Lipinski definition) is 4. The van der Waals surface area contributed by atoms with Gasteiger partial charge in [-0.3, -0.25) is 14.5 Å². The van der Waals surface area contributed by atoms with Gasteiger partial charge in [-0.15, -0.1) is 0 Å². The van der Waals surface area contributed by atoms with Gasteiger partial charge in [0.05, 0.1) is 11.6 Å². The van der Waals surface area contributed by atoms with Gasteiger partial charge >= 0.3 is 0 Å². The summed E-state index contributed by atoms with van der Waals surface area (Å²) in [5.74, 6) is -1.45. The molecule has 4 aromatic rings. The number of aryl methyl sites for hydroxylation is 2. The van der Waals surface area contributed by atoms with Crippen LogP contribution in [0.25, 0.3) is 16.7 Å². The van der Waals surface area contributed by atoms with E-state index in [1.54, 1.807) is 0 Å². The number of fused-ring (bicyclic) bond motifs is 2. The summed E-state index contributed by atoms with van der Waals surface area (Å²) in [6.45, 7) is 0. The van der Waals surface area contributed by atoms with E-state index in [1.807, 2.05) is 91.9 Å². The van der Waals surface area contributed by atoms with E-state index in [-0.39, 0.29) is 11.3 Å². The van der Waals surface area contributed by atoms with E-state index in [2.05, 4.69) is 4.98 Å². The van der Waals surface area contributed by atoms with Crippen LogP contribution in [0.5, 0.6) is 0 Å². The van der Waals surface area contributed by atoms with Gasteiger partial charge in [-0.1, -0.05) is 30.3 Å². The quantitative estimate of drug-likeness (QED) is 0.217. The fourth-order valence-corrected chi connectivity index (χ4v) is 5.66. The van der Waals surface area contributed by atoms with Gasteiger partial charge in [0.2, 0.25) is 0 Å². The minimum absolute atomic E-state index is 0.113. The number of rotatable bonds is 4. The minimum atomic E-state index is -0.766. The molecule has 1 aliphatic heterocycles. The van der Waals surface area contributed by atoms with Crippen LogP contribution in [0.15, 0.2) is 78.5 Å². The normalized spacial score (nSPS) is 18.9. The second-order valence-electron chi connectivity index (χ2n) is 10.1. The number of carbonyl (C=O) groups excluding carboxylic acids is 2. The zero-order valence-corrected chi connectivity index (χ0v) is 21.0. The number of amides is 1. The van der Waals surface area contributed by atoms with Crippen molar-refractivity contribution >= 4 is 39.7 Å². The molecule has 1 fully saturated rings. The molecule has 6 heteroatoms. The number of Topliss-reactive ketones (excluding diaryl/α,β-unsaturated/α-hetero) is 1. The van der Waals surface area contributed by atoms with Crippen LogP contribution in [-0.2, 0) is 22.4 Å². The van der Waals surface area contributed by atoms with Crippen molar-refractivity contribution in [2.24, 2.45) is 0 Å². The molecule has 2 aliphatic rings. The van der Waals surface area contributed by atoms with Crippen molar-refractivity contribution in [1.82, 2.24) is 4.98 Å². The monoisotopic (exact) mass is 491 g/mol. The van der Waals surface area contributed by atoms with Crippen molar-refractivity contribution in [1.29, 1.82) is 0 Å². The Kier molecular flexibility index (Phi) is 5.60. The summed E-state index contributed by atoms with van der Waals surface area (Å²) in [5, 5.41) is 12.5. The number of anilines is 2. The van der Waals surface area contributed by atoms with E-state index in [9.17, 15) is 14.7 Å². The smallest absolute Gasteiger partial charge is 0.300 e. The number of nitrogens with one attached hydrogen (secondary N) is 1. The minimum Gasteiger partial charge on any atom is -0.507 e. The Hall–Kier alpha value is -4.32. The molecule has 6 rings (SSSR count). The molecule has 1 aliphatic carbocycles. The van der Waals surface area contributed by atoms with Crippen LogP contribution in [0.1, 0.15) is 41.1 Å². The molecular formula is C31H29N3O3. The Labute approximate surface area is 215 Å². The molecule has 6 nitrogen and oxygen atoms in total. The Morgan fingerprint density at radius 3 is 2.43 bits per heavy atom. The SMILES string of the molecule is CN(C)c1ccc(N2C(=O)C(=O)/C(=C(/O)c3ccc4c(c3)CCCC4)C2c2c[nH]c3ccccc23)cc1. The number of nitrogens with zero attached hydrogens (tertiary/aromatic N) is 2. The summed E-state index contributed by atoms with van der Waals surface area (Å²) < 4.78 is 0. The van der Waals surface area contributed by atoms with Crippen molar-refractivity contribution in [2.75, 3.05) is 23.9 Å². The molecule has 0 saturated carbocycles. The van der Waals surface area contributed by atoms with Crippen molar-refractivity contribution in [3.05, 3.63) is 101 Å². The first-order valence-corrected chi connectivity index (χ1v) is 12.7. The Balaban J connectivity index is 1.55.